The van der Waals surface area contributed by atoms with Gasteiger partial charge in [0.25, 0.3) is 11.5 Å². The Morgan fingerprint density at radius 3 is 2.73 bits per heavy atom. The number of nitrogens with zero attached hydrogens (tertiary/aromatic N) is 4. The van der Waals surface area contributed by atoms with E-state index in [2.05, 4.69) is 10.4 Å². The number of hydrogen-bond acceptors (Lipinski definition) is 6. The Kier molecular flexibility index (Phi) is 5.23. The van der Waals surface area contributed by atoms with Gasteiger partial charge in [-0.2, -0.15) is 4.52 Å². The van der Waals surface area contributed by atoms with Crippen molar-refractivity contribution in [2.75, 3.05) is 13.1 Å². The van der Waals surface area contributed by atoms with E-state index in [1.165, 1.54) is 15.5 Å². The number of carbonyl (C=O) groups is 2. The molecule has 0 aromatic carbocycles. The minimum atomic E-state index is -0.631. The number of ether oxygens (including phenoxy) is 1. The molecule has 2 aromatic heterocycles. The molecule has 4 rings (SSSR count). The van der Waals surface area contributed by atoms with Gasteiger partial charge in [0.2, 0.25) is 11.8 Å². The Morgan fingerprint density at radius 2 is 2.10 bits per heavy atom. The zero-order valence-corrected chi connectivity index (χ0v) is 17.0. The first kappa shape index (κ1) is 20.0. The van der Waals surface area contributed by atoms with E-state index in [0.717, 1.165) is 23.8 Å². The maximum atomic E-state index is 13.0. The second kappa shape index (κ2) is 7.85. The van der Waals surface area contributed by atoms with Crippen LogP contribution in [0.5, 0.6) is 11.8 Å². The summed E-state index contributed by atoms with van der Waals surface area (Å²) < 4.78 is 7.81. The molecule has 2 amide bonds. The summed E-state index contributed by atoms with van der Waals surface area (Å²) in [5.74, 6) is -1.16. The quantitative estimate of drug-likeness (QED) is 0.715. The van der Waals surface area contributed by atoms with Crippen LogP contribution in [0.3, 0.4) is 0 Å². The highest BCUT2D eigenvalue weighted by molar-refractivity contribution is 5.96. The Hall–Kier alpha value is -3.30. The van der Waals surface area contributed by atoms with Crippen molar-refractivity contribution in [1.82, 2.24) is 24.4 Å². The number of fused-ring (bicyclic) bond motifs is 1. The van der Waals surface area contributed by atoms with Crippen LogP contribution >= 0.6 is 0 Å². The molecule has 30 heavy (non-hydrogen) atoms. The molecule has 0 atom stereocenters. The van der Waals surface area contributed by atoms with Gasteiger partial charge in [0.1, 0.15) is 5.65 Å². The molecule has 1 saturated carbocycles. The van der Waals surface area contributed by atoms with Crippen LogP contribution in [-0.2, 0) is 6.54 Å². The number of rotatable bonds is 5. The summed E-state index contributed by atoms with van der Waals surface area (Å²) in [6.07, 6.45) is 5.75. The lowest BCUT2D eigenvalue weighted by molar-refractivity contribution is 0.0944. The van der Waals surface area contributed by atoms with Gasteiger partial charge in [-0.25, -0.2) is 4.79 Å². The van der Waals surface area contributed by atoms with Crippen molar-refractivity contribution in [3.8, 4) is 11.8 Å². The van der Waals surface area contributed by atoms with Crippen LogP contribution in [0.4, 0.5) is 4.79 Å². The molecule has 2 N–H and O–H groups in total. The largest absolute Gasteiger partial charge is 0.492 e. The normalized spacial score (nSPS) is 16.3. The first-order valence-electron chi connectivity index (χ1n) is 10.1. The molecule has 160 valence electrons. The summed E-state index contributed by atoms with van der Waals surface area (Å²) in [6, 6.07) is 1.45. The van der Waals surface area contributed by atoms with Crippen molar-refractivity contribution in [2.24, 2.45) is 5.92 Å². The fraction of sp³-hybridized carbons (Fsp3) is 0.500. The van der Waals surface area contributed by atoms with Crippen molar-refractivity contribution in [3.63, 3.8) is 0 Å². The standard InChI is InChI=1S/C20H25N5O5/c1-12(2)11-24-15-10-14(30-20(29)23-8-4-3-5-9-23)22-25(15)19(28)16(18(24)27)17(26)21-13-6-7-13/h3-4,10,12-13,28H,5-9,11H2,1-2H3,(H,21,26). The molecule has 2 aliphatic rings. The van der Waals surface area contributed by atoms with Crippen LogP contribution in [0.1, 0.15) is 43.5 Å². The average molecular weight is 415 g/mol. The average Bonchev–Trinajstić information content (AvgIpc) is 3.42. The highest BCUT2D eigenvalue weighted by Crippen LogP contribution is 2.24. The Morgan fingerprint density at radius 1 is 1.33 bits per heavy atom. The van der Waals surface area contributed by atoms with E-state index in [1.807, 2.05) is 26.0 Å². The smallest absolute Gasteiger partial charge is 0.416 e. The van der Waals surface area contributed by atoms with E-state index in [4.69, 9.17) is 4.74 Å². The van der Waals surface area contributed by atoms with Crippen molar-refractivity contribution in [1.29, 1.82) is 0 Å². The van der Waals surface area contributed by atoms with Crippen LogP contribution in [0.2, 0.25) is 0 Å². The number of aromatic nitrogens is 3. The molecule has 0 radical (unpaired) electrons. The van der Waals surface area contributed by atoms with Crippen LogP contribution in [0.15, 0.2) is 23.0 Å². The van der Waals surface area contributed by atoms with Crippen LogP contribution in [-0.4, -0.2) is 55.3 Å². The number of carbonyl (C=O) groups excluding carboxylic acids is 2. The SMILES string of the molecule is CC(C)Cn1c(=O)c(C(=O)NC2CC2)c(O)n2nc(OC(=O)N3CC=CCC3)cc12. The Bertz CT molecular complexity index is 1080. The molecular weight excluding hydrogens is 390 g/mol. The first-order valence-corrected chi connectivity index (χ1v) is 10.1. The summed E-state index contributed by atoms with van der Waals surface area (Å²) in [4.78, 5) is 39.5. The van der Waals surface area contributed by atoms with E-state index in [9.17, 15) is 19.5 Å². The van der Waals surface area contributed by atoms with Crippen molar-refractivity contribution < 1.29 is 19.4 Å². The second-order valence-electron chi connectivity index (χ2n) is 8.08. The highest BCUT2D eigenvalue weighted by Gasteiger charge is 2.30. The minimum absolute atomic E-state index is 0.0262. The summed E-state index contributed by atoms with van der Waals surface area (Å²) in [5, 5.41) is 17.5. The maximum absolute atomic E-state index is 13.0. The molecule has 0 spiro atoms. The molecule has 1 fully saturated rings. The lowest BCUT2D eigenvalue weighted by atomic mass is 10.2. The zero-order valence-electron chi connectivity index (χ0n) is 17.0. The van der Waals surface area contributed by atoms with Gasteiger partial charge in [-0.05, 0) is 25.2 Å². The van der Waals surface area contributed by atoms with Crippen molar-refractivity contribution in [2.45, 2.75) is 45.7 Å². The monoisotopic (exact) mass is 415 g/mol. The van der Waals surface area contributed by atoms with Crippen LogP contribution < -0.4 is 15.6 Å². The summed E-state index contributed by atoms with van der Waals surface area (Å²) in [7, 11) is 0. The molecule has 0 bridgehead atoms. The third-order valence-electron chi connectivity index (χ3n) is 5.02. The van der Waals surface area contributed by atoms with Gasteiger partial charge in [-0.3, -0.25) is 14.2 Å². The van der Waals surface area contributed by atoms with Gasteiger partial charge < -0.3 is 20.1 Å². The third kappa shape index (κ3) is 3.89. The first-order chi connectivity index (χ1) is 14.3. The number of aromatic hydroxyl groups is 1. The van der Waals surface area contributed by atoms with E-state index in [0.29, 0.717) is 19.6 Å². The maximum Gasteiger partial charge on any atom is 0.416 e. The molecular formula is C20H25N5O5. The summed E-state index contributed by atoms with van der Waals surface area (Å²) in [5.41, 5.74) is -0.724. The molecule has 10 heteroatoms. The third-order valence-corrected chi connectivity index (χ3v) is 5.02. The molecule has 10 nitrogen and oxygen atoms in total. The highest BCUT2D eigenvalue weighted by atomic mass is 16.6. The van der Waals surface area contributed by atoms with Gasteiger partial charge in [-0.15, -0.1) is 5.10 Å². The summed E-state index contributed by atoms with van der Waals surface area (Å²) >= 11 is 0. The molecule has 1 aliphatic heterocycles. The van der Waals surface area contributed by atoms with Crippen LogP contribution in [0, 0.1) is 5.92 Å². The molecule has 1 aliphatic carbocycles. The van der Waals surface area contributed by atoms with Crippen molar-refractivity contribution in [3.05, 3.63) is 34.1 Å². The van der Waals surface area contributed by atoms with Gasteiger partial charge >= 0.3 is 6.09 Å². The lowest BCUT2D eigenvalue weighted by Crippen LogP contribution is -2.36. The van der Waals surface area contributed by atoms with E-state index < -0.39 is 23.4 Å². The fourth-order valence-corrected chi connectivity index (χ4v) is 3.38. The van der Waals surface area contributed by atoms with Gasteiger partial charge in [0, 0.05) is 31.7 Å². The van der Waals surface area contributed by atoms with Crippen molar-refractivity contribution >= 4 is 17.6 Å². The predicted octanol–water partition coefficient (Wildman–Crippen LogP) is 1.51. The summed E-state index contributed by atoms with van der Waals surface area (Å²) in [6.45, 7) is 5.16. The topological polar surface area (TPSA) is 118 Å². The minimum Gasteiger partial charge on any atom is -0.492 e. The Labute approximate surface area is 172 Å². The van der Waals surface area contributed by atoms with Gasteiger partial charge in [0.15, 0.2) is 5.56 Å². The predicted molar refractivity (Wildman–Crippen MR) is 108 cm³/mol. The number of hydrogen-bond donors (Lipinski definition) is 2. The number of amides is 2. The molecule has 2 aromatic rings. The van der Waals surface area contributed by atoms with E-state index in [-0.39, 0.29) is 29.1 Å². The number of nitrogens with one attached hydrogen (secondary N) is 1. The molecule has 0 unspecified atom stereocenters. The fourth-order valence-electron chi connectivity index (χ4n) is 3.38. The van der Waals surface area contributed by atoms with E-state index in [1.54, 1.807) is 0 Å². The second-order valence-corrected chi connectivity index (χ2v) is 8.08. The Balaban J connectivity index is 1.73. The van der Waals surface area contributed by atoms with Gasteiger partial charge in [-0.1, -0.05) is 26.0 Å². The lowest BCUT2D eigenvalue weighted by Gasteiger charge is -2.21. The van der Waals surface area contributed by atoms with E-state index >= 15 is 0 Å². The molecule has 0 saturated heterocycles. The van der Waals surface area contributed by atoms with Crippen LogP contribution in [0.25, 0.3) is 5.65 Å². The van der Waals surface area contributed by atoms with Gasteiger partial charge in [0.05, 0.1) is 0 Å². The zero-order chi connectivity index (χ0) is 21.4. The molecule has 3 heterocycles.